The van der Waals surface area contributed by atoms with E-state index in [0.29, 0.717) is 18.8 Å². The number of anilines is 3. The predicted octanol–water partition coefficient (Wildman–Crippen LogP) is 3.16. The summed E-state index contributed by atoms with van der Waals surface area (Å²) in [6.07, 6.45) is 1.95. The summed E-state index contributed by atoms with van der Waals surface area (Å²) in [6, 6.07) is 10.1. The SMILES string of the molecule is Cc1ccc(Nc2cc(NCCC#N)ncn2)cc1C. The number of aromatic nitrogens is 2. The molecule has 0 atom stereocenters. The van der Waals surface area contributed by atoms with Crippen molar-refractivity contribution in [3.05, 3.63) is 41.7 Å². The first-order valence-corrected chi connectivity index (χ1v) is 6.46. The molecule has 0 amide bonds. The topological polar surface area (TPSA) is 73.6 Å². The molecular formula is C15H17N5. The number of nitrogens with zero attached hydrogens (tertiary/aromatic N) is 3. The van der Waals surface area contributed by atoms with Crippen molar-refractivity contribution in [2.24, 2.45) is 0 Å². The summed E-state index contributed by atoms with van der Waals surface area (Å²) in [5.74, 6) is 1.43. The maximum atomic E-state index is 8.51. The van der Waals surface area contributed by atoms with Crippen molar-refractivity contribution in [3.8, 4) is 6.07 Å². The molecule has 0 radical (unpaired) electrons. The van der Waals surface area contributed by atoms with Gasteiger partial charge in [0.25, 0.3) is 0 Å². The minimum atomic E-state index is 0.448. The van der Waals surface area contributed by atoms with Gasteiger partial charge in [0.1, 0.15) is 18.0 Å². The Morgan fingerprint density at radius 2 is 1.90 bits per heavy atom. The van der Waals surface area contributed by atoms with Gasteiger partial charge >= 0.3 is 0 Å². The molecule has 20 heavy (non-hydrogen) atoms. The molecule has 1 aromatic heterocycles. The van der Waals surface area contributed by atoms with Gasteiger partial charge < -0.3 is 10.6 Å². The van der Waals surface area contributed by atoms with E-state index >= 15 is 0 Å². The summed E-state index contributed by atoms with van der Waals surface area (Å²) >= 11 is 0. The van der Waals surface area contributed by atoms with Crippen LogP contribution in [-0.4, -0.2) is 16.5 Å². The van der Waals surface area contributed by atoms with Gasteiger partial charge in [-0.15, -0.1) is 0 Å². The molecule has 1 aromatic carbocycles. The second-order valence-electron chi connectivity index (χ2n) is 4.55. The van der Waals surface area contributed by atoms with Gasteiger partial charge in [0.15, 0.2) is 0 Å². The van der Waals surface area contributed by atoms with Crippen molar-refractivity contribution in [1.82, 2.24) is 9.97 Å². The van der Waals surface area contributed by atoms with Crippen molar-refractivity contribution in [1.29, 1.82) is 5.26 Å². The van der Waals surface area contributed by atoms with Crippen molar-refractivity contribution < 1.29 is 0 Å². The van der Waals surface area contributed by atoms with Gasteiger partial charge in [0, 0.05) is 18.3 Å². The highest BCUT2D eigenvalue weighted by atomic mass is 15.1. The van der Waals surface area contributed by atoms with E-state index in [1.807, 2.05) is 12.1 Å². The third-order valence-corrected chi connectivity index (χ3v) is 2.99. The molecule has 0 saturated heterocycles. The normalized spacial score (nSPS) is 9.85. The molecule has 5 nitrogen and oxygen atoms in total. The Bertz CT molecular complexity index is 630. The van der Waals surface area contributed by atoms with Gasteiger partial charge in [0.2, 0.25) is 0 Å². The Hall–Kier alpha value is -2.61. The van der Waals surface area contributed by atoms with E-state index in [1.165, 1.54) is 17.5 Å². The molecule has 0 aliphatic heterocycles. The highest BCUT2D eigenvalue weighted by Gasteiger charge is 2.00. The van der Waals surface area contributed by atoms with Gasteiger partial charge in [-0.05, 0) is 37.1 Å². The highest BCUT2D eigenvalue weighted by molar-refractivity contribution is 5.60. The minimum Gasteiger partial charge on any atom is -0.369 e. The molecule has 0 saturated carbocycles. The molecule has 0 fully saturated rings. The first-order valence-electron chi connectivity index (χ1n) is 6.46. The number of benzene rings is 1. The zero-order chi connectivity index (χ0) is 14.4. The lowest BCUT2D eigenvalue weighted by Gasteiger charge is -2.09. The molecule has 5 heteroatoms. The van der Waals surface area contributed by atoms with E-state index in [0.717, 1.165) is 11.5 Å². The van der Waals surface area contributed by atoms with Crippen LogP contribution >= 0.6 is 0 Å². The van der Waals surface area contributed by atoms with Gasteiger partial charge in [-0.2, -0.15) is 5.26 Å². The van der Waals surface area contributed by atoms with Crippen LogP contribution in [0.5, 0.6) is 0 Å². The van der Waals surface area contributed by atoms with Crippen molar-refractivity contribution in [2.75, 3.05) is 17.2 Å². The largest absolute Gasteiger partial charge is 0.369 e. The fourth-order valence-electron chi connectivity index (χ4n) is 1.74. The second kappa shape index (κ2) is 6.53. The highest BCUT2D eigenvalue weighted by Crippen LogP contribution is 2.19. The Labute approximate surface area is 118 Å². The lowest BCUT2D eigenvalue weighted by atomic mass is 10.1. The van der Waals surface area contributed by atoms with E-state index in [1.54, 1.807) is 0 Å². The number of hydrogen-bond donors (Lipinski definition) is 2. The predicted molar refractivity (Wildman–Crippen MR) is 80.0 cm³/mol. The van der Waals surface area contributed by atoms with Gasteiger partial charge in [0.05, 0.1) is 12.5 Å². The molecule has 2 aromatic rings. The molecule has 1 heterocycles. The molecule has 102 valence electrons. The first kappa shape index (κ1) is 13.8. The van der Waals surface area contributed by atoms with E-state index in [2.05, 4.69) is 52.7 Å². The maximum Gasteiger partial charge on any atom is 0.135 e. The maximum absolute atomic E-state index is 8.51. The van der Waals surface area contributed by atoms with Crippen LogP contribution in [0.2, 0.25) is 0 Å². The van der Waals surface area contributed by atoms with Crippen LogP contribution in [0, 0.1) is 25.2 Å². The lowest BCUT2D eigenvalue weighted by Crippen LogP contribution is -2.04. The Balaban J connectivity index is 2.07. The molecular weight excluding hydrogens is 250 g/mol. The number of rotatable bonds is 5. The molecule has 0 aliphatic carbocycles. The minimum absolute atomic E-state index is 0.448. The number of nitrogens with one attached hydrogen (secondary N) is 2. The summed E-state index contributed by atoms with van der Waals surface area (Å²) in [7, 11) is 0. The third-order valence-electron chi connectivity index (χ3n) is 2.99. The number of aryl methyl sites for hydroxylation is 2. The summed E-state index contributed by atoms with van der Waals surface area (Å²) < 4.78 is 0. The second-order valence-corrected chi connectivity index (χ2v) is 4.55. The molecule has 2 rings (SSSR count). The average molecular weight is 267 g/mol. The van der Waals surface area contributed by atoms with Crippen LogP contribution in [0.4, 0.5) is 17.3 Å². The fourth-order valence-corrected chi connectivity index (χ4v) is 1.74. The smallest absolute Gasteiger partial charge is 0.135 e. The number of nitriles is 1. The zero-order valence-corrected chi connectivity index (χ0v) is 11.6. The molecule has 0 spiro atoms. The average Bonchev–Trinajstić information content (AvgIpc) is 2.44. The quantitative estimate of drug-likeness (QED) is 0.814. The van der Waals surface area contributed by atoms with E-state index in [4.69, 9.17) is 5.26 Å². The Kier molecular flexibility index (Phi) is 4.51. The monoisotopic (exact) mass is 267 g/mol. The van der Waals surface area contributed by atoms with Crippen LogP contribution in [-0.2, 0) is 0 Å². The fraction of sp³-hybridized carbons (Fsp3) is 0.267. The molecule has 0 bridgehead atoms. The van der Waals surface area contributed by atoms with Crippen LogP contribution in [0.3, 0.4) is 0 Å². The first-order chi connectivity index (χ1) is 9.69. The Morgan fingerprint density at radius 1 is 1.10 bits per heavy atom. The van der Waals surface area contributed by atoms with Gasteiger partial charge in [-0.1, -0.05) is 6.07 Å². The number of hydrogen-bond acceptors (Lipinski definition) is 5. The van der Waals surface area contributed by atoms with Gasteiger partial charge in [-0.3, -0.25) is 0 Å². The van der Waals surface area contributed by atoms with Crippen LogP contribution in [0.1, 0.15) is 17.5 Å². The summed E-state index contributed by atoms with van der Waals surface area (Å²) in [4.78, 5) is 8.30. The van der Waals surface area contributed by atoms with E-state index in [9.17, 15) is 0 Å². The summed E-state index contributed by atoms with van der Waals surface area (Å²) in [5.41, 5.74) is 3.49. The molecule has 0 unspecified atom stereocenters. The Morgan fingerprint density at radius 3 is 2.65 bits per heavy atom. The lowest BCUT2D eigenvalue weighted by molar-refractivity contribution is 1.04. The van der Waals surface area contributed by atoms with Crippen molar-refractivity contribution in [3.63, 3.8) is 0 Å². The van der Waals surface area contributed by atoms with E-state index in [-0.39, 0.29) is 0 Å². The van der Waals surface area contributed by atoms with Gasteiger partial charge in [-0.25, -0.2) is 9.97 Å². The summed E-state index contributed by atoms with van der Waals surface area (Å²) in [5, 5.41) is 14.8. The zero-order valence-electron chi connectivity index (χ0n) is 11.6. The summed E-state index contributed by atoms with van der Waals surface area (Å²) in [6.45, 7) is 4.74. The molecule has 2 N–H and O–H groups in total. The van der Waals surface area contributed by atoms with Crippen LogP contribution in [0.25, 0.3) is 0 Å². The van der Waals surface area contributed by atoms with Crippen LogP contribution in [0.15, 0.2) is 30.6 Å². The van der Waals surface area contributed by atoms with Crippen LogP contribution < -0.4 is 10.6 Å². The molecule has 0 aliphatic rings. The van der Waals surface area contributed by atoms with E-state index < -0.39 is 0 Å². The van der Waals surface area contributed by atoms with Crippen molar-refractivity contribution in [2.45, 2.75) is 20.3 Å². The van der Waals surface area contributed by atoms with Crippen molar-refractivity contribution >= 4 is 17.3 Å². The standard InChI is InChI=1S/C15H17N5/c1-11-4-5-13(8-12(11)2)20-15-9-14(18-10-19-15)17-7-3-6-16/h4-5,8-10H,3,7H2,1-2H3,(H2,17,18,19,20). The third kappa shape index (κ3) is 3.69.